The summed E-state index contributed by atoms with van der Waals surface area (Å²) in [6, 6.07) is 14.2. The number of phenols is 1. The van der Waals surface area contributed by atoms with E-state index in [-0.39, 0.29) is 11.7 Å². The van der Waals surface area contributed by atoms with Crippen LogP contribution in [0.3, 0.4) is 0 Å². The Balaban J connectivity index is 1.84. The minimum atomic E-state index is -0.0775. The first-order chi connectivity index (χ1) is 9.15. The molecule has 0 aliphatic carbocycles. The van der Waals surface area contributed by atoms with Gasteiger partial charge in [0.15, 0.2) is 0 Å². The summed E-state index contributed by atoms with van der Waals surface area (Å²) in [5.41, 5.74) is 1.72. The normalized spacial score (nSPS) is 10.2. The average Bonchev–Trinajstić information content (AvgIpc) is 2.41. The van der Waals surface area contributed by atoms with Crippen molar-refractivity contribution in [1.29, 1.82) is 0 Å². The SMILES string of the molecule is O=C(NCCc1ccc(O)cc1)c1ccc(Br)cc1. The number of aromatic hydroxyl groups is 1. The maximum atomic E-state index is 11.8. The van der Waals surface area contributed by atoms with Gasteiger partial charge < -0.3 is 10.4 Å². The van der Waals surface area contributed by atoms with E-state index < -0.39 is 0 Å². The van der Waals surface area contributed by atoms with Gasteiger partial charge in [-0.3, -0.25) is 4.79 Å². The molecule has 4 heteroatoms. The summed E-state index contributed by atoms with van der Waals surface area (Å²) < 4.78 is 0.952. The molecule has 0 fully saturated rings. The largest absolute Gasteiger partial charge is 0.508 e. The van der Waals surface area contributed by atoms with Crippen LogP contribution in [-0.4, -0.2) is 17.6 Å². The molecule has 0 aliphatic rings. The highest BCUT2D eigenvalue weighted by molar-refractivity contribution is 9.10. The second kappa shape index (κ2) is 6.38. The zero-order valence-corrected chi connectivity index (χ0v) is 11.9. The highest BCUT2D eigenvalue weighted by atomic mass is 79.9. The number of carbonyl (C=O) groups is 1. The molecular formula is C15H14BrNO2. The summed E-state index contributed by atoms with van der Waals surface area (Å²) >= 11 is 3.33. The predicted octanol–water partition coefficient (Wildman–Crippen LogP) is 3.13. The zero-order chi connectivity index (χ0) is 13.7. The van der Waals surface area contributed by atoms with E-state index in [1.165, 1.54) is 0 Å². The van der Waals surface area contributed by atoms with Gasteiger partial charge in [0.05, 0.1) is 0 Å². The Morgan fingerprint density at radius 1 is 1.05 bits per heavy atom. The summed E-state index contributed by atoms with van der Waals surface area (Å²) in [5, 5.41) is 12.0. The third-order valence-electron chi connectivity index (χ3n) is 2.74. The standard InChI is InChI=1S/C15H14BrNO2/c16-13-5-3-12(4-6-13)15(19)17-10-9-11-1-7-14(18)8-2-11/h1-8,18H,9-10H2,(H,17,19). The van der Waals surface area contributed by atoms with Crippen LogP contribution in [0.25, 0.3) is 0 Å². The molecule has 0 unspecified atom stereocenters. The van der Waals surface area contributed by atoms with Gasteiger partial charge in [0.2, 0.25) is 0 Å². The quantitative estimate of drug-likeness (QED) is 0.909. The van der Waals surface area contributed by atoms with E-state index in [9.17, 15) is 4.79 Å². The van der Waals surface area contributed by atoms with Crippen LogP contribution in [0.4, 0.5) is 0 Å². The molecule has 2 N–H and O–H groups in total. The van der Waals surface area contributed by atoms with Crippen molar-refractivity contribution in [3.8, 4) is 5.75 Å². The number of rotatable bonds is 4. The molecule has 0 aromatic heterocycles. The van der Waals surface area contributed by atoms with Gasteiger partial charge in [-0.2, -0.15) is 0 Å². The minimum Gasteiger partial charge on any atom is -0.508 e. The maximum absolute atomic E-state index is 11.8. The fourth-order valence-corrected chi connectivity index (χ4v) is 1.95. The lowest BCUT2D eigenvalue weighted by atomic mass is 10.1. The van der Waals surface area contributed by atoms with E-state index >= 15 is 0 Å². The van der Waals surface area contributed by atoms with Crippen molar-refractivity contribution >= 4 is 21.8 Å². The first kappa shape index (κ1) is 13.6. The molecular weight excluding hydrogens is 306 g/mol. The number of hydrogen-bond donors (Lipinski definition) is 2. The molecule has 0 atom stereocenters. The zero-order valence-electron chi connectivity index (χ0n) is 10.3. The number of nitrogens with one attached hydrogen (secondary N) is 1. The number of benzene rings is 2. The molecule has 3 nitrogen and oxygen atoms in total. The lowest BCUT2D eigenvalue weighted by Crippen LogP contribution is -2.25. The summed E-state index contributed by atoms with van der Waals surface area (Å²) in [6.45, 7) is 0.569. The molecule has 0 aliphatic heterocycles. The number of phenolic OH excluding ortho intramolecular Hbond substituents is 1. The number of hydrogen-bond acceptors (Lipinski definition) is 2. The fourth-order valence-electron chi connectivity index (χ4n) is 1.69. The van der Waals surface area contributed by atoms with Crippen LogP contribution in [-0.2, 0) is 6.42 Å². The molecule has 0 saturated carbocycles. The first-order valence-corrected chi connectivity index (χ1v) is 6.76. The number of carbonyl (C=O) groups excluding carboxylic acids is 1. The van der Waals surface area contributed by atoms with Crippen LogP contribution < -0.4 is 5.32 Å². The Morgan fingerprint density at radius 3 is 2.32 bits per heavy atom. The molecule has 0 radical (unpaired) electrons. The van der Waals surface area contributed by atoms with Crippen molar-refractivity contribution in [1.82, 2.24) is 5.32 Å². The Hall–Kier alpha value is -1.81. The molecule has 98 valence electrons. The van der Waals surface area contributed by atoms with Crippen molar-refractivity contribution in [3.63, 3.8) is 0 Å². The molecule has 2 aromatic rings. The minimum absolute atomic E-state index is 0.0775. The fraction of sp³-hybridized carbons (Fsp3) is 0.133. The number of halogens is 1. The van der Waals surface area contributed by atoms with E-state index in [0.717, 1.165) is 16.5 Å². The third-order valence-corrected chi connectivity index (χ3v) is 3.27. The summed E-state index contributed by atoms with van der Waals surface area (Å²) in [7, 11) is 0. The lowest BCUT2D eigenvalue weighted by Gasteiger charge is -2.05. The van der Waals surface area contributed by atoms with Gasteiger partial charge in [-0.1, -0.05) is 28.1 Å². The van der Waals surface area contributed by atoms with E-state index in [2.05, 4.69) is 21.2 Å². The van der Waals surface area contributed by atoms with E-state index in [1.807, 2.05) is 24.3 Å². The van der Waals surface area contributed by atoms with Crippen LogP contribution >= 0.6 is 15.9 Å². The van der Waals surface area contributed by atoms with Crippen LogP contribution in [0.1, 0.15) is 15.9 Å². The van der Waals surface area contributed by atoms with Gasteiger partial charge in [0, 0.05) is 16.6 Å². The van der Waals surface area contributed by atoms with Crippen molar-refractivity contribution < 1.29 is 9.90 Å². The van der Waals surface area contributed by atoms with E-state index in [4.69, 9.17) is 5.11 Å². The topological polar surface area (TPSA) is 49.3 Å². The monoisotopic (exact) mass is 319 g/mol. The van der Waals surface area contributed by atoms with E-state index in [1.54, 1.807) is 24.3 Å². The van der Waals surface area contributed by atoms with Gasteiger partial charge >= 0.3 is 0 Å². The molecule has 2 aromatic carbocycles. The van der Waals surface area contributed by atoms with Crippen LogP contribution in [0.5, 0.6) is 5.75 Å². The van der Waals surface area contributed by atoms with Gasteiger partial charge in [-0.15, -0.1) is 0 Å². The maximum Gasteiger partial charge on any atom is 0.251 e. The van der Waals surface area contributed by atoms with Gasteiger partial charge in [-0.25, -0.2) is 0 Å². The van der Waals surface area contributed by atoms with Gasteiger partial charge in [0.25, 0.3) is 5.91 Å². The van der Waals surface area contributed by atoms with Crippen molar-refractivity contribution in [3.05, 3.63) is 64.1 Å². The lowest BCUT2D eigenvalue weighted by molar-refractivity contribution is 0.0954. The smallest absolute Gasteiger partial charge is 0.251 e. The molecule has 0 spiro atoms. The van der Waals surface area contributed by atoms with Gasteiger partial charge in [0.1, 0.15) is 5.75 Å². The predicted molar refractivity (Wildman–Crippen MR) is 78.3 cm³/mol. The number of amides is 1. The Bertz CT molecular complexity index is 549. The molecule has 19 heavy (non-hydrogen) atoms. The summed E-state index contributed by atoms with van der Waals surface area (Å²) in [4.78, 5) is 11.8. The Kier molecular flexibility index (Phi) is 4.58. The van der Waals surface area contributed by atoms with Crippen molar-refractivity contribution in [2.45, 2.75) is 6.42 Å². The van der Waals surface area contributed by atoms with Crippen LogP contribution in [0.2, 0.25) is 0 Å². The first-order valence-electron chi connectivity index (χ1n) is 5.97. The van der Waals surface area contributed by atoms with Gasteiger partial charge in [-0.05, 0) is 48.4 Å². The molecule has 0 heterocycles. The second-order valence-corrected chi connectivity index (χ2v) is 5.09. The summed E-state index contributed by atoms with van der Waals surface area (Å²) in [5.74, 6) is 0.175. The Labute approximate surface area is 120 Å². The molecule has 1 amide bonds. The van der Waals surface area contributed by atoms with Crippen molar-refractivity contribution in [2.24, 2.45) is 0 Å². The molecule has 0 bridgehead atoms. The van der Waals surface area contributed by atoms with E-state index in [0.29, 0.717) is 12.1 Å². The second-order valence-electron chi connectivity index (χ2n) is 4.18. The van der Waals surface area contributed by atoms with Crippen molar-refractivity contribution in [2.75, 3.05) is 6.54 Å². The average molecular weight is 320 g/mol. The molecule has 2 rings (SSSR count). The van der Waals surface area contributed by atoms with Crippen LogP contribution in [0, 0.1) is 0 Å². The third kappa shape index (κ3) is 4.10. The Morgan fingerprint density at radius 2 is 1.68 bits per heavy atom. The highest BCUT2D eigenvalue weighted by Gasteiger charge is 2.04. The molecule has 0 saturated heterocycles. The summed E-state index contributed by atoms with van der Waals surface area (Å²) in [6.07, 6.45) is 0.739. The highest BCUT2D eigenvalue weighted by Crippen LogP contribution is 2.11. The van der Waals surface area contributed by atoms with Crippen LogP contribution in [0.15, 0.2) is 53.0 Å².